The van der Waals surface area contributed by atoms with E-state index >= 15 is 0 Å². The predicted octanol–water partition coefficient (Wildman–Crippen LogP) is 2.64. The van der Waals surface area contributed by atoms with E-state index in [0.717, 1.165) is 12.8 Å². The van der Waals surface area contributed by atoms with Crippen molar-refractivity contribution in [3.05, 3.63) is 12.2 Å². The van der Waals surface area contributed by atoms with Crippen LogP contribution in [0.25, 0.3) is 0 Å². The molecule has 2 unspecified atom stereocenters. The number of esters is 1. The van der Waals surface area contributed by atoms with Crippen LogP contribution in [-0.2, 0) is 14.3 Å². The lowest BCUT2D eigenvalue weighted by atomic mass is 9.39. The van der Waals surface area contributed by atoms with Crippen LogP contribution in [0.4, 0.5) is 0 Å². The summed E-state index contributed by atoms with van der Waals surface area (Å²) < 4.78 is 5.86. The smallest absolute Gasteiger partial charge is 0.302 e. The van der Waals surface area contributed by atoms with Crippen LogP contribution in [0.3, 0.4) is 0 Å². The zero-order valence-electron chi connectivity index (χ0n) is 16.8. The third-order valence-electron chi connectivity index (χ3n) is 8.87. The lowest BCUT2D eigenvalue weighted by molar-refractivity contribution is -0.222. The summed E-state index contributed by atoms with van der Waals surface area (Å²) in [5, 5.41) is 20.7. The maximum absolute atomic E-state index is 13.1. The number of ether oxygens (including phenoxy) is 1. The van der Waals surface area contributed by atoms with E-state index in [1.54, 1.807) is 0 Å². The highest BCUT2D eigenvalue weighted by Gasteiger charge is 2.70. The molecule has 5 heteroatoms. The van der Waals surface area contributed by atoms with Gasteiger partial charge in [0.25, 0.3) is 0 Å². The van der Waals surface area contributed by atoms with Gasteiger partial charge < -0.3 is 14.9 Å². The van der Waals surface area contributed by atoms with E-state index in [1.807, 2.05) is 6.08 Å². The third kappa shape index (κ3) is 2.30. The van der Waals surface area contributed by atoms with Gasteiger partial charge in [-0.3, -0.25) is 9.59 Å². The molecule has 1 spiro atoms. The van der Waals surface area contributed by atoms with Crippen molar-refractivity contribution in [1.29, 1.82) is 0 Å². The monoisotopic (exact) mass is 376 g/mol. The summed E-state index contributed by atoms with van der Waals surface area (Å²) in [6.07, 6.45) is 6.50. The van der Waals surface area contributed by atoms with E-state index in [2.05, 4.69) is 26.8 Å². The lowest BCUT2D eigenvalue weighted by Gasteiger charge is -2.66. The Morgan fingerprint density at radius 3 is 2.59 bits per heavy atom. The topological polar surface area (TPSA) is 83.8 Å². The second kappa shape index (κ2) is 5.66. The first-order valence-electron chi connectivity index (χ1n) is 10.2. The third-order valence-corrected chi connectivity index (χ3v) is 8.87. The SMILES string of the molecule is CC(=O)O[C@H]1CC2C(C)(C)[C@H](O)CC[C@@]2(C)C2CC(=O)[C@]3(CO)C=C[C@@]21C3. The van der Waals surface area contributed by atoms with E-state index in [-0.39, 0.29) is 47.1 Å². The number of ketones is 1. The van der Waals surface area contributed by atoms with Gasteiger partial charge in [0.1, 0.15) is 11.9 Å². The maximum atomic E-state index is 13.1. The molecule has 2 N–H and O–H groups in total. The molecule has 0 aromatic carbocycles. The average Bonchev–Trinajstić information content (AvgIpc) is 2.94. The predicted molar refractivity (Wildman–Crippen MR) is 99.6 cm³/mol. The summed E-state index contributed by atoms with van der Waals surface area (Å²) in [6, 6.07) is 0. The van der Waals surface area contributed by atoms with Gasteiger partial charge in [0.15, 0.2) is 0 Å². The van der Waals surface area contributed by atoms with Gasteiger partial charge in [0.2, 0.25) is 0 Å². The van der Waals surface area contributed by atoms with Gasteiger partial charge in [-0.15, -0.1) is 0 Å². The first kappa shape index (κ1) is 19.1. The molecule has 5 nitrogen and oxygen atoms in total. The van der Waals surface area contributed by atoms with Crippen molar-refractivity contribution in [3.63, 3.8) is 0 Å². The van der Waals surface area contributed by atoms with Crippen LogP contribution in [-0.4, -0.2) is 40.8 Å². The summed E-state index contributed by atoms with van der Waals surface area (Å²) in [4.78, 5) is 25.0. The Morgan fingerprint density at radius 1 is 1.26 bits per heavy atom. The molecule has 0 heterocycles. The van der Waals surface area contributed by atoms with Crippen molar-refractivity contribution >= 4 is 11.8 Å². The van der Waals surface area contributed by atoms with Gasteiger partial charge in [-0.1, -0.05) is 32.9 Å². The van der Waals surface area contributed by atoms with Crippen molar-refractivity contribution in [2.75, 3.05) is 6.61 Å². The Hall–Kier alpha value is -1.20. The minimum atomic E-state index is -0.818. The molecule has 27 heavy (non-hydrogen) atoms. The standard InChI is InChI=1S/C22H32O5/c1-13(24)27-18-10-14-19(2,3)16(25)5-6-20(14,4)15-9-17(26)21(12-23)7-8-22(15,18)11-21/h7-8,14-16,18,23,25H,5-6,9-12H2,1-4H3/t14?,15?,16-,18+,20-,21-,22-/m1/s1. The summed E-state index contributed by atoms with van der Waals surface area (Å²) >= 11 is 0. The average molecular weight is 376 g/mol. The zero-order chi connectivity index (χ0) is 19.8. The summed E-state index contributed by atoms with van der Waals surface area (Å²) in [6.45, 7) is 7.73. The molecule has 0 aromatic heterocycles. The molecule has 0 radical (unpaired) electrons. The Kier molecular flexibility index (Phi) is 4.01. The fourth-order valence-corrected chi connectivity index (χ4v) is 7.34. The number of fused-ring (bicyclic) bond motifs is 3. The van der Waals surface area contributed by atoms with Crippen molar-refractivity contribution in [1.82, 2.24) is 0 Å². The maximum Gasteiger partial charge on any atom is 0.302 e. The fraction of sp³-hybridized carbons (Fsp3) is 0.818. The normalized spacial score (nSPS) is 50.1. The van der Waals surface area contributed by atoms with Gasteiger partial charge in [0, 0.05) is 18.8 Å². The van der Waals surface area contributed by atoms with Crippen molar-refractivity contribution in [2.24, 2.45) is 33.5 Å². The van der Waals surface area contributed by atoms with Gasteiger partial charge in [-0.25, -0.2) is 0 Å². The first-order chi connectivity index (χ1) is 12.5. The molecule has 0 aliphatic heterocycles. The number of hydrogen-bond donors (Lipinski definition) is 2. The van der Waals surface area contributed by atoms with Gasteiger partial charge in [-0.05, 0) is 48.3 Å². The highest BCUT2D eigenvalue weighted by atomic mass is 16.5. The van der Waals surface area contributed by atoms with E-state index in [9.17, 15) is 19.8 Å². The molecule has 3 saturated carbocycles. The number of Topliss-reactive ketones (excluding diaryl/α,β-unsaturated/α-hetero) is 1. The van der Waals surface area contributed by atoms with E-state index < -0.39 is 16.9 Å². The van der Waals surface area contributed by atoms with Gasteiger partial charge in [-0.2, -0.15) is 0 Å². The molecule has 7 atom stereocenters. The Bertz CT molecular complexity index is 711. The molecular weight excluding hydrogens is 344 g/mol. The summed E-state index contributed by atoms with van der Waals surface area (Å²) in [5.41, 5.74) is -1.62. The van der Waals surface area contributed by atoms with Crippen LogP contribution in [0.1, 0.15) is 59.8 Å². The molecule has 0 saturated heterocycles. The first-order valence-corrected chi connectivity index (χ1v) is 10.2. The fourth-order valence-electron chi connectivity index (χ4n) is 7.34. The van der Waals surface area contributed by atoms with Crippen LogP contribution >= 0.6 is 0 Å². The quantitative estimate of drug-likeness (QED) is 0.572. The summed E-state index contributed by atoms with van der Waals surface area (Å²) in [5.74, 6) is 0.0207. The zero-order valence-corrected chi connectivity index (χ0v) is 16.8. The van der Waals surface area contributed by atoms with E-state index in [1.165, 1.54) is 6.92 Å². The molecule has 0 aromatic rings. The van der Waals surface area contributed by atoms with E-state index in [0.29, 0.717) is 19.3 Å². The second-order valence-electron chi connectivity index (χ2n) is 10.4. The molecule has 0 amide bonds. The highest BCUT2D eigenvalue weighted by Crippen LogP contribution is 2.71. The van der Waals surface area contributed by atoms with Crippen LogP contribution < -0.4 is 0 Å². The van der Waals surface area contributed by atoms with Gasteiger partial charge in [0.05, 0.1) is 18.1 Å². The lowest BCUT2D eigenvalue weighted by Crippen LogP contribution is -2.65. The van der Waals surface area contributed by atoms with Crippen molar-refractivity contribution in [2.45, 2.75) is 72.0 Å². The number of aliphatic hydroxyl groups is 2. The Morgan fingerprint density at radius 2 is 1.96 bits per heavy atom. The molecule has 2 bridgehead atoms. The molecule has 4 aliphatic carbocycles. The number of hydrogen-bond acceptors (Lipinski definition) is 5. The largest absolute Gasteiger partial charge is 0.462 e. The number of carbonyl (C=O) groups excluding carboxylic acids is 2. The highest BCUT2D eigenvalue weighted by molar-refractivity contribution is 5.89. The van der Waals surface area contributed by atoms with Crippen molar-refractivity contribution in [3.8, 4) is 0 Å². The van der Waals surface area contributed by atoms with E-state index in [4.69, 9.17) is 4.74 Å². The van der Waals surface area contributed by atoms with Crippen LogP contribution in [0, 0.1) is 33.5 Å². The Labute approximate surface area is 161 Å². The van der Waals surface area contributed by atoms with Gasteiger partial charge >= 0.3 is 5.97 Å². The summed E-state index contributed by atoms with van der Waals surface area (Å²) in [7, 11) is 0. The van der Waals surface area contributed by atoms with Crippen LogP contribution in [0.15, 0.2) is 12.2 Å². The second-order valence-corrected chi connectivity index (χ2v) is 10.4. The minimum Gasteiger partial charge on any atom is -0.462 e. The molecule has 4 aliphatic rings. The number of aliphatic hydroxyl groups excluding tert-OH is 2. The molecule has 4 rings (SSSR count). The molecular formula is C22H32O5. The van der Waals surface area contributed by atoms with Crippen molar-refractivity contribution < 1.29 is 24.5 Å². The minimum absolute atomic E-state index is 0.0609. The van der Waals surface area contributed by atoms with Crippen LogP contribution in [0.2, 0.25) is 0 Å². The molecule has 150 valence electrons. The number of rotatable bonds is 2. The Balaban J connectivity index is 1.84. The van der Waals surface area contributed by atoms with Crippen LogP contribution in [0.5, 0.6) is 0 Å². The number of carbonyl (C=O) groups is 2. The molecule has 3 fully saturated rings.